The lowest BCUT2D eigenvalue weighted by Crippen LogP contribution is -2.38. The van der Waals surface area contributed by atoms with Crippen molar-refractivity contribution in [1.82, 2.24) is 5.32 Å². The largest absolute Gasteiger partial charge is 0.573 e. The molecule has 110 valence electrons. The predicted octanol–water partition coefficient (Wildman–Crippen LogP) is 1.95. The summed E-state index contributed by atoms with van der Waals surface area (Å²) >= 11 is 2.91. The molecule has 0 unspecified atom stereocenters. The van der Waals surface area contributed by atoms with E-state index in [0.29, 0.717) is 5.69 Å². The van der Waals surface area contributed by atoms with Crippen LogP contribution in [0.3, 0.4) is 0 Å². The van der Waals surface area contributed by atoms with Gasteiger partial charge in [-0.25, -0.2) is 4.79 Å². The van der Waals surface area contributed by atoms with Crippen LogP contribution in [0, 0.1) is 0 Å². The zero-order valence-corrected chi connectivity index (χ0v) is 11.3. The van der Waals surface area contributed by atoms with Crippen molar-refractivity contribution in [3.8, 4) is 5.75 Å². The first-order valence-electron chi connectivity index (χ1n) is 5.06. The highest BCUT2D eigenvalue weighted by molar-refractivity contribution is 9.10. The fraction of sp³-hybridized carbons (Fsp3) is 0.200. The zero-order chi connectivity index (χ0) is 15.3. The topological polar surface area (TPSA) is 93.5 Å². The highest BCUT2D eigenvalue weighted by atomic mass is 79.9. The van der Waals surface area contributed by atoms with Gasteiger partial charge in [0.05, 0.1) is 11.0 Å². The number of hydrogen-bond acceptors (Lipinski definition) is 4. The number of nitrogens with two attached hydrogens (primary N) is 1. The zero-order valence-electron chi connectivity index (χ0n) is 9.75. The van der Waals surface area contributed by atoms with Crippen molar-refractivity contribution in [1.29, 1.82) is 0 Å². The molecule has 0 bridgehead atoms. The predicted molar refractivity (Wildman–Crippen MR) is 67.0 cm³/mol. The molecule has 0 heterocycles. The lowest BCUT2D eigenvalue weighted by molar-refractivity contribution is -0.274. The first-order valence-corrected chi connectivity index (χ1v) is 5.85. The van der Waals surface area contributed by atoms with E-state index in [-0.39, 0.29) is 11.0 Å². The summed E-state index contributed by atoms with van der Waals surface area (Å²) in [6.45, 7) is -0.269. The number of hydrogen-bond donors (Lipinski definition) is 3. The van der Waals surface area contributed by atoms with Crippen molar-refractivity contribution in [2.24, 2.45) is 5.73 Å². The second-order valence-corrected chi connectivity index (χ2v) is 4.31. The number of ether oxygens (including phenoxy) is 1. The molecule has 0 atom stereocenters. The number of imide groups is 1. The minimum Gasteiger partial charge on any atom is -0.405 e. The van der Waals surface area contributed by atoms with Crippen molar-refractivity contribution < 1.29 is 27.5 Å². The van der Waals surface area contributed by atoms with Crippen molar-refractivity contribution in [2.45, 2.75) is 6.36 Å². The van der Waals surface area contributed by atoms with Gasteiger partial charge in [-0.3, -0.25) is 10.1 Å². The second-order valence-electron chi connectivity index (χ2n) is 3.46. The Balaban J connectivity index is 2.64. The van der Waals surface area contributed by atoms with Crippen molar-refractivity contribution in [2.75, 3.05) is 11.9 Å². The van der Waals surface area contributed by atoms with Gasteiger partial charge < -0.3 is 15.8 Å². The van der Waals surface area contributed by atoms with Crippen LogP contribution in [0.4, 0.5) is 23.7 Å². The molecule has 0 aliphatic carbocycles. The molecule has 10 heteroatoms. The molecule has 0 saturated carbocycles. The first-order chi connectivity index (χ1) is 9.17. The number of benzene rings is 1. The average Bonchev–Trinajstić information content (AvgIpc) is 2.27. The second kappa shape index (κ2) is 6.46. The molecule has 4 N–H and O–H groups in total. The molecule has 1 rings (SSSR count). The van der Waals surface area contributed by atoms with Crippen LogP contribution in [0.15, 0.2) is 22.7 Å². The van der Waals surface area contributed by atoms with Crippen LogP contribution >= 0.6 is 15.9 Å². The first kappa shape index (κ1) is 16.1. The summed E-state index contributed by atoms with van der Waals surface area (Å²) in [5.74, 6) is -1.09. The van der Waals surface area contributed by atoms with Gasteiger partial charge in [0.25, 0.3) is 0 Å². The van der Waals surface area contributed by atoms with Gasteiger partial charge in [-0.2, -0.15) is 0 Å². The summed E-state index contributed by atoms with van der Waals surface area (Å²) in [5, 5.41) is 4.42. The quantitative estimate of drug-likeness (QED) is 0.769. The molecule has 3 amide bonds. The van der Waals surface area contributed by atoms with Crippen LogP contribution in [-0.2, 0) is 4.79 Å². The molecule has 0 aliphatic heterocycles. The summed E-state index contributed by atoms with van der Waals surface area (Å²) in [7, 11) is 0. The Morgan fingerprint density at radius 1 is 1.35 bits per heavy atom. The standard InChI is InChI=1S/C10H9BrF3N3O3/c11-6-3-5(16-4-8(18)17-9(15)19)1-2-7(6)20-10(12,13)14/h1-3,16H,4H2,(H3,15,17,18,19). The monoisotopic (exact) mass is 355 g/mol. The van der Waals surface area contributed by atoms with Crippen LogP contribution in [0.1, 0.15) is 0 Å². The molecule has 0 saturated heterocycles. The number of halogens is 4. The lowest BCUT2D eigenvalue weighted by atomic mass is 10.3. The van der Waals surface area contributed by atoms with Gasteiger partial charge in [-0.05, 0) is 34.1 Å². The third kappa shape index (κ3) is 5.78. The molecule has 0 fully saturated rings. The van der Waals surface area contributed by atoms with Gasteiger partial charge in [0, 0.05) is 5.69 Å². The number of urea groups is 1. The van der Waals surface area contributed by atoms with Gasteiger partial charge in [0.15, 0.2) is 0 Å². The normalized spacial score (nSPS) is 10.8. The smallest absolute Gasteiger partial charge is 0.405 e. The summed E-state index contributed by atoms with van der Waals surface area (Å²) in [4.78, 5) is 21.5. The number of carbonyl (C=O) groups excluding carboxylic acids is 2. The van der Waals surface area contributed by atoms with E-state index >= 15 is 0 Å². The molecule has 0 spiro atoms. The third-order valence-corrected chi connectivity index (χ3v) is 2.49. The maximum absolute atomic E-state index is 12.0. The minimum absolute atomic E-state index is 0.0511. The molecule has 0 aliphatic rings. The Labute approximate surface area is 119 Å². The molecular formula is C10H9BrF3N3O3. The van der Waals surface area contributed by atoms with E-state index in [1.54, 1.807) is 0 Å². The number of carbonyl (C=O) groups is 2. The van der Waals surface area contributed by atoms with Gasteiger partial charge in [-0.15, -0.1) is 13.2 Å². The van der Waals surface area contributed by atoms with E-state index in [1.807, 2.05) is 5.32 Å². The Morgan fingerprint density at radius 2 is 2.00 bits per heavy atom. The molecule has 1 aromatic carbocycles. The molecule has 20 heavy (non-hydrogen) atoms. The van der Waals surface area contributed by atoms with E-state index in [1.165, 1.54) is 12.1 Å². The van der Waals surface area contributed by atoms with Gasteiger partial charge >= 0.3 is 12.4 Å². The van der Waals surface area contributed by atoms with Crippen LogP contribution in [-0.4, -0.2) is 24.8 Å². The fourth-order valence-electron chi connectivity index (χ4n) is 1.18. The minimum atomic E-state index is -4.79. The lowest BCUT2D eigenvalue weighted by Gasteiger charge is -2.12. The summed E-state index contributed by atoms with van der Waals surface area (Å²) in [6, 6.07) is 2.65. The Hall–Kier alpha value is -1.97. The Bertz CT molecular complexity index is 522. The molecule has 1 aromatic rings. The molecule has 0 radical (unpaired) electrons. The van der Waals surface area contributed by atoms with Crippen molar-refractivity contribution in [3.05, 3.63) is 22.7 Å². The van der Waals surface area contributed by atoms with Gasteiger partial charge in [-0.1, -0.05) is 0 Å². The fourth-order valence-corrected chi connectivity index (χ4v) is 1.64. The number of primary amides is 1. The van der Waals surface area contributed by atoms with Gasteiger partial charge in [0.2, 0.25) is 5.91 Å². The van der Waals surface area contributed by atoms with E-state index in [2.05, 4.69) is 26.0 Å². The van der Waals surface area contributed by atoms with Gasteiger partial charge in [0.1, 0.15) is 5.75 Å². The summed E-state index contributed by atoms with van der Waals surface area (Å²) in [5.41, 5.74) is 5.09. The van der Waals surface area contributed by atoms with Crippen LogP contribution in [0.2, 0.25) is 0 Å². The summed E-state index contributed by atoms with van der Waals surface area (Å²) < 4.78 is 39.9. The maximum atomic E-state index is 12.0. The van der Waals surface area contributed by atoms with E-state index in [4.69, 9.17) is 5.73 Å². The molecular weight excluding hydrogens is 347 g/mol. The third-order valence-electron chi connectivity index (χ3n) is 1.87. The summed E-state index contributed by atoms with van der Waals surface area (Å²) in [6.07, 6.45) is -4.79. The van der Waals surface area contributed by atoms with E-state index in [0.717, 1.165) is 6.07 Å². The highest BCUT2D eigenvalue weighted by Gasteiger charge is 2.31. The maximum Gasteiger partial charge on any atom is 0.573 e. The molecule has 0 aromatic heterocycles. The number of nitrogens with one attached hydrogen (secondary N) is 2. The Morgan fingerprint density at radius 3 is 2.50 bits per heavy atom. The molecule has 6 nitrogen and oxygen atoms in total. The SMILES string of the molecule is NC(=O)NC(=O)CNc1ccc(OC(F)(F)F)c(Br)c1. The average molecular weight is 356 g/mol. The number of anilines is 1. The number of rotatable bonds is 4. The van der Waals surface area contributed by atoms with Crippen LogP contribution in [0.25, 0.3) is 0 Å². The number of alkyl halides is 3. The van der Waals surface area contributed by atoms with Crippen LogP contribution in [0.5, 0.6) is 5.75 Å². The van der Waals surface area contributed by atoms with E-state index < -0.39 is 24.1 Å². The van der Waals surface area contributed by atoms with Crippen LogP contribution < -0.4 is 21.1 Å². The Kier molecular flexibility index (Phi) is 5.19. The van der Waals surface area contributed by atoms with Crippen molar-refractivity contribution in [3.63, 3.8) is 0 Å². The van der Waals surface area contributed by atoms with E-state index in [9.17, 15) is 22.8 Å². The van der Waals surface area contributed by atoms with Crippen molar-refractivity contribution >= 4 is 33.6 Å². The highest BCUT2D eigenvalue weighted by Crippen LogP contribution is 2.32. The number of amides is 3.